The fourth-order valence-corrected chi connectivity index (χ4v) is 3.64. The van der Waals surface area contributed by atoms with Gasteiger partial charge in [0.2, 0.25) is 5.91 Å². The summed E-state index contributed by atoms with van der Waals surface area (Å²) in [4.78, 5) is 37.1. The van der Waals surface area contributed by atoms with Crippen molar-refractivity contribution in [2.45, 2.75) is 6.42 Å². The van der Waals surface area contributed by atoms with Crippen molar-refractivity contribution in [1.82, 2.24) is 10.3 Å². The zero-order chi connectivity index (χ0) is 21.5. The summed E-state index contributed by atoms with van der Waals surface area (Å²) >= 11 is 1.08. The number of thioether (sulfide) groups is 1. The molecule has 2 aromatic carbocycles. The Balaban J connectivity index is 1.77. The van der Waals surface area contributed by atoms with Gasteiger partial charge in [-0.3, -0.25) is 24.6 Å². The van der Waals surface area contributed by atoms with Gasteiger partial charge >= 0.3 is 0 Å². The third-order valence-corrected chi connectivity index (χ3v) is 5.07. The van der Waals surface area contributed by atoms with Crippen molar-refractivity contribution in [3.63, 3.8) is 0 Å². The molecule has 1 fully saturated rings. The Hall–Kier alpha value is -3.72. The number of nitrogens with zero attached hydrogens (tertiary/aromatic N) is 3. The Labute approximate surface area is 177 Å². The Morgan fingerprint density at radius 3 is 2.70 bits per heavy atom. The van der Waals surface area contributed by atoms with Crippen molar-refractivity contribution in [3.05, 3.63) is 93.4 Å². The van der Waals surface area contributed by atoms with Crippen LogP contribution in [0.1, 0.15) is 11.1 Å². The summed E-state index contributed by atoms with van der Waals surface area (Å²) in [5.74, 6) is -0.626. The molecule has 3 rings (SSSR count). The molecule has 0 atom stereocenters. The topological polar surface area (TPSA) is 105 Å². The Morgan fingerprint density at radius 2 is 2.00 bits per heavy atom. The lowest BCUT2D eigenvalue weighted by molar-refractivity contribution is -0.384. The lowest BCUT2D eigenvalue weighted by atomic mass is 10.1. The van der Waals surface area contributed by atoms with Crippen LogP contribution in [0.3, 0.4) is 0 Å². The number of amides is 2. The van der Waals surface area contributed by atoms with E-state index < -0.39 is 4.92 Å². The van der Waals surface area contributed by atoms with Gasteiger partial charge in [0.1, 0.15) is 0 Å². The minimum atomic E-state index is -0.495. The van der Waals surface area contributed by atoms with Crippen LogP contribution in [0, 0.1) is 10.1 Å². The van der Waals surface area contributed by atoms with E-state index in [1.807, 2.05) is 30.3 Å². The second-order valence-electron chi connectivity index (χ2n) is 6.26. The first-order valence-corrected chi connectivity index (χ1v) is 9.77. The smallest absolute Gasteiger partial charge is 0.270 e. The first kappa shape index (κ1) is 21.0. The summed E-state index contributed by atoms with van der Waals surface area (Å²) in [5, 5.41) is 15.4. The lowest BCUT2D eigenvalue weighted by Crippen LogP contribution is -2.31. The second-order valence-corrected chi connectivity index (χ2v) is 7.27. The third kappa shape index (κ3) is 5.21. The van der Waals surface area contributed by atoms with Gasteiger partial charge in [0.25, 0.3) is 11.6 Å². The van der Waals surface area contributed by atoms with Gasteiger partial charge in [0, 0.05) is 18.7 Å². The number of nitro groups is 1. The number of amidine groups is 1. The van der Waals surface area contributed by atoms with Crippen LogP contribution in [0.5, 0.6) is 0 Å². The summed E-state index contributed by atoms with van der Waals surface area (Å²) < 4.78 is 0. The minimum Gasteiger partial charge on any atom is -0.281 e. The van der Waals surface area contributed by atoms with Crippen LogP contribution in [-0.2, 0) is 16.0 Å². The summed E-state index contributed by atoms with van der Waals surface area (Å²) in [7, 11) is 0. The molecule has 0 bridgehead atoms. The van der Waals surface area contributed by atoms with Crippen molar-refractivity contribution in [2.24, 2.45) is 5.10 Å². The largest absolute Gasteiger partial charge is 0.281 e. The molecule has 152 valence electrons. The SMILES string of the molecule is C=CCN1C(=O)/C(=C/c2cccc([N+](=O)[O-])c2)S/C1=N/NC(=O)Cc1ccccc1. The number of non-ortho nitro benzene ring substituents is 1. The van der Waals surface area contributed by atoms with Crippen LogP contribution in [-0.4, -0.2) is 33.3 Å². The molecule has 30 heavy (non-hydrogen) atoms. The zero-order valence-corrected chi connectivity index (χ0v) is 16.7. The Morgan fingerprint density at radius 1 is 1.23 bits per heavy atom. The van der Waals surface area contributed by atoms with Gasteiger partial charge in [-0.1, -0.05) is 48.5 Å². The molecule has 2 amide bonds. The highest BCUT2D eigenvalue weighted by Gasteiger charge is 2.33. The molecule has 0 saturated carbocycles. The average molecular weight is 422 g/mol. The molecular formula is C21H18N4O4S. The van der Waals surface area contributed by atoms with Gasteiger partial charge in [-0.15, -0.1) is 11.7 Å². The molecule has 1 saturated heterocycles. The molecule has 2 aromatic rings. The molecule has 0 unspecified atom stereocenters. The van der Waals surface area contributed by atoms with Crippen molar-refractivity contribution >= 4 is 40.5 Å². The first-order chi connectivity index (χ1) is 14.5. The van der Waals surface area contributed by atoms with E-state index in [1.54, 1.807) is 24.3 Å². The summed E-state index contributed by atoms with van der Waals surface area (Å²) in [6, 6.07) is 15.2. The predicted molar refractivity (Wildman–Crippen MR) is 116 cm³/mol. The molecule has 1 aliphatic rings. The molecule has 1 heterocycles. The number of hydrazone groups is 1. The molecule has 1 N–H and O–H groups in total. The number of nitro benzene ring substituents is 1. The average Bonchev–Trinajstić information content (AvgIpc) is 3.02. The number of carbonyl (C=O) groups is 2. The van der Waals surface area contributed by atoms with Crippen LogP contribution in [0.4, 0.5) is 5.69 Å². The fourth-order valence-electron chi connectivity index (χ4n) is 2.69. The van der Waals surface area contributed by atoms with E-state index >= 15 is 0 Å². The maximum atomic E-state index is 12.7. The van der Waals surface area contributed by atoms with Crippen LogP contribution in [0.15, 0.2) is 77.3 Å². The molecule has 1 aliphatic heterocycles. The third-order valence-electron chi connectivity index (χ3n) is 4.06. The number of nitrogens with one attached hydrogen (secondary N) is 1. The molecule has 9 heteroatoms. The number of benzene rings is 2. The molecule has 0 aliphatic carbocycles. The van der Waals surface area contributed by atoms with Crippen molar-refractivity contribution in [2.75, 3.05) is 6.54 Å². The Kier molecular flexibility index (Phi) is 6.76. The fraction of sp³-hybridized carbons (Fsp3) is 0.0952. The quantitative estimate of drug-likeness (QED) is 0.319. The molecule has 0 spiro atoms. The normalized spacial score (nSPS) is 16.1. The van der Waals surface area contributed by atoms with Crippen LogP contribution >= 0.6 is 11.8 Å². The molecule has 8 nitrogen and oxygen atoms in total. The van der Waals surface area contributed by atoms with Crippen molar-refractivity contribution in [1.29, 1.82) is 0 Å². The van der Waals surface area contributed by atoms with Gasteiger partial charge in [0.15, 0.2) is 5.17 Å². The summed E-state index contributed by atoms with van der Waals surface area (Å²) in [6.07, 6.45) is 3.27. The maximum Gasteiger partial charge on any atom is 0.270 e. The van der Waals surface area contributed by atoms with Crippen LogP contribution < -0.4 is 5.43 Å². The summed E-state index contributed by atoms with van der Waals surface area (Å²) in [6.45, 7) is 3.86. The predicted octanol–water partition coefficient (Wildman–Crippen LogP) is 3.33. The van der Waals surface area contributed by atoms with Gasteiger partial charge in [0.05, 0.1) is 16.2 Å². The van der Waals surface area contributed by atoms with E-state index in [0.717, 1.165) is 17.3 Å². The van der Waals surface area contributed by atoms with Gasteiger partial charge in [-0.2, -0.15) is 0 Å². The van der Waals surface area contributed by atoms with Crippen LogP contribution in [0.2, 0.25) is 0 Å². The molecule has 0 radical (unpaired) electrons. The maximum absolute atomic E-state index is 12.7. The summed E-state index contributed by atoms with van der Waals surface area (Å²) in [5.41, 5.74) is 3.78. The Bertz CT molecular complexity index is 1050. The van der Waals surface area contributed by atoms with Crippen LogP contribution in [0.25, 0.3) is 6.08 Å². The molecular weight excluding hydrogens is 404 g/mol. The second kappa shape index (κ2) is 9.66. The van der Waals surface area contributed by atoms with Gasteiger partial charge in [-0.05, 0) is 29.0 Å². The highest BCUT2D eigenvalue weighted by atomic mass is 32.2. The van der Waals surface area contributed by atoms with E-state index in [1.165, 1.54) is 17.0 Å². The zero-order valence-electron chi connectivity index (χ0n) is 15.9. The highest BCUT2D eigenvalue weighted by Crippen LogP contribution is 2.32. The minimum absolute atomic E-state index is 0.0650. The van der Waals surface area contributed by atoms with E-state index in [0.29, 0.717) is 15.6 Å². The van der Waals surface area contributed by atoms with E-state index in [4.69, 9.17) is 0 Å². The van der Waals surface area contributed by atoms with Gasteiger partial charge < -0.3 is 0 Å². The van der Waals surface area contributed by atoms with Crippen molar-refractivity contribution < 1.29 is 14.5 Å². The number of carbonyl (C=O) groups excluding carboxylic acids is 2. The number of rotatable bonds is 7. The van der Waals surface area contributed by atoms with E-state index in [-0.39, 0.29) is 30.5 Å². The van der Waals surface area contributed by atoms with Gasteiger partial charge in [-0.25, -0.2) is 5.43 Å². The monoisotopic (exact) mass is 422 g/mol. The molecule has 0 aromatic heterocycles. The number of hydrogen-bond donors (Lipinski definition) is 1. The first-order valence-electron chi connectivity index (χ1n) is 8.95. The highest BCUT2D eigenvalue weighted by molar-refractivity contribution is 8.18. The standard InChI is InChI=1S/C21H18N4O4S/c1-2-11-24-20(27)18(13-16-9-6-10-17(12-16)25(28)29)30-21(24)23-22-19(26)14-15-7-4-3-5-8-15/h2-10,12-13H,1,11,14H2,(H,22,26)/b18-13-,23-21+. The van der Waals surface area contributed by atoms with Crippen molar-refractivity contribution in [3.8, 4) is 0 Å². The lowest BCUT2D eigenvalue weighted by Gasteiger charge is -2.12. The number of hydrogen-bond acceptors (Lipinski definition) is 6. The van der Waals surface area contributed by atoms with E-state index in [2.05, 4.69) is 17.1 Å². The van der Waals surface area contributed by atoms with E-state index in [9.17, 15) is 19.7 Å².